The van der Waals surface area contributed by atoms with Gasteiger partial charge in [0.05, 0.1) is 0 Å². The number of nitrogens with one attached hydrogen (secondary N) is 1. The van der Waals surface area contributed by atoms with Gasteiger partial charge >= 0.3 is 0 Å². The highest BCUT2D eigenvalue weighted by Crippen LogP contribution is 2.23. The van der Waals surface area contributed by atoms with Gasteiger partial charge in [0.1, 0.15) is 12.0 Å². The molecule has 0 bridgehead atoms. The van der Waals surface area contributed by atoms with Crippen LogP contribution in [0, 0.1) is 6.92 Å². The number of fused-ring (bicyclic) bond motifs is 1. The van der Waals surface area contributed by atoms with E-state index in [1.54, 1.807) is 0 Å². The standard InChI is InChI=1S/C15H17N3/c1-11-6-3-4-8-13(11)14-16-10-12-7-5-9-18(2)15(12)17-14/h3-6,8-10,15H,7H2,1-2H3,(H,16,17). The number of rotatable bonds is 1. The molecule has 2 aliphatic heterocycles. The van der Waals surface area contributed by atoms with Crippen LogP contribution >= 0.6 is 0 Å². The maximum Gasteiger partial charge on any atom is 0.146 e. The van der Waals surface area contributed by atoms with Gasteiger partial charge < -0.3 is 10.2 Å². The Balaban J connectivity index is 1.97. The third-order valence-corrected chi connectivity index (χ3v) is 3.46. The van der Waals surface area contributed by atoms with E-state index in [1.807, 2.05) is 0 Å². The number of benzene rings is 1. The quantitative estimate of drug-likeness (QED) is 0.815. The Bertz CT molecular complexity index is 555. The fourth-order valence-electron chi connectivity index (χ4n) is 2.42. The van der Waals surface area contributed by atoms with E-state index in [9.17, 15) is 0 Å². The van der Waals surface area contributed by atoms with Crippen molar-refractivity contribution < 1.29 is 0 Å². The van der Waals surface area contributed by atoms with Crippen LogP contribution in [-0.2, 0) is 0 Å². The fourth-order valence-corrected chi connectivity index (χ4v) is 2.42. The summed E-state index contributed by atoms with van der Waals surface area (Å²) in [5.74, 6) is 0.962. The molecule has 1 unspecified atom stereocenters. The minimum Gasteiger partial charge on any atom is -0.356 e. The number of aryl methyl sites for hydroxylation is 1. The Morgan fingerprint density at radius 1 is 1.33 bits per heavy atom. The van der Waals surface area contributed by atoms with Crippen LogP contribution in [0.3, 0.4) is 0 Å². The third-order valence-electron chi connectivity index (χ3n) is 3.46. The lowest BCUT2D eigenvalue weighted by Gasteiger charge is -2.32. The molecule has 1 aromatic carbocycles. The largest absolute Gasteiger partial charge is 0.356 e. The monoisotopic (exact) mass is 239 g/mol. The molecule has 0 aliphatic carbocycles. The molecule has 92 valence electrons. The lowest BCUT2D eigenvalue weighted by Crippen LogP contribution is -2.37. The Morgan fingerprint density at radius 3 is 3.00 bits per heavy atom. The lowest BCUT2D eigenvalue weighted by atomic mass is 10.0. The number of aliphatic imine (C=N–C) groups is 1. The summed E-state index contributed by atoms with van der Waals surface area (Å²) in [4.78, 5) is 6.98. The highest BCUT2D eigenvalue weighted by molar-refractivity contribution is 6.01. The molecule has 2 heterocycles. The first-order valence-electron chi connectivity index (χ1n) is 6.23. The SMILES string of the molecule is Cc1ccccc1C1=NC2C(=CN1)CC=CN2C. The van der Waals surface area contributed by atoms with Crippen LogP contribution in [0.4, 0.5) is 0 Å². The predicted octanol–water partition coefficient (Wildman–Crippen LogP) is 2.40. The Hall–Kier alpha value is -2.03. The van der Waals surface area contributed by atoms with Gasteiger partial charge in [0, 0.05) is 18.8 Å². The molecule has 0 fully saturated rings. The van der Waals surface area contributed by atoms with E-state index in [1.165, 1.54) is 16.7 Å². The van der Waals surface area contributed by atoms with Crippen molar-refractivity contribution in [2.75, 3.05) is 7.05 Å². The van der Waals surface area contributed by atoms with Crippen molar-refractivity contribution in [3.8, 4) is 0 Å². The second-order valence-electron chi connectivity index (χ2n) is 4.78. The Labute approximate surface area is 108 Å². The number of amidine groups is 1. The summed E-state index contributed by atoms with van der Waals surface area (Å²) in [6.07, 6.45) is 7.49. The molecule has 0 aromatic heterocycles. The minimum atomic E-state index is 0.144. The normalized spacial score (nSPS) is 21.9. The molecular weight excluding hydrogens is 222 g/mol. The topological polar surface area (TPSA) is 27.6 Å². The molecule has 0 amide bonds. The first kappa shape index (κ1) is 11.1. The van der Waals surface area contributed by atoms with Gasteiger partial charge in [-0.25, -0.2) is 4.99 Å². The number of hydrogen-bond donors (Lipinski definition) is 1. The zero-order valence-electron chi connectivity index (χ0n) is 10.7. The van der Waals surface area contributed by atoms with E-state index >= 15 is 0 Å². The van der Waals surface area contributed by atoms with Crippen LogP contribution in [-0.4, -0.2) is 23.9 Å². The number of nitrogens with zero attached hydrogens (tertiary/aromatic N) is 2. The Kier molecular flexibility index (Phi) is 2.67. The first-order chi connectivity index (χ1) is 8.75. The van der Waals surface area contributed by atoms with Crippen molar-refractivity contribution in [2.24, 2.45) is 4.99 Å². The molecular formula is C15H17N3. The van der Waals surface area contributed by atoms with Crippen LogP contribution in [0.25, 0.3) is 0 Å². The van der Waals surface area contributed by atoms with E-state index in [4.69, 9.17) is 4.99 Å². The molecule has 3 rings (SSSR count). The van der Waals surface area contributed by atoms with Gasteiger partial charge in [0.25, 0.3) is 0 Å². The van der Waals surface area contributed by atoms with Crippen molar-refractivity contribution in [3.63, 3.8) is 0 Å². The van der Waals surface area contributed by atoms with Gasteiger partial charge in [-0.1, -0.05) is 30.3 Å². The Morgan fingerprint density at radius 2 is 2.17 bits per heavy atom. The highest BCUT2D eigenvalue weighted by Gasteiger charge is 2.23. The van der Waals surface area contributed by atoms with Gasteiger partial charge in [-0.05, 0) is 30.7 Å². The zero-order valence-corrected chi connectivity index (χ0v) is 10.7. The summed E-state index contributed by atoms with van der Waals surface area (Å²) in [6, 6.07) is 8.33. The highest BCUT2D eigenvalue weighted by atomic mass is 15.2. The molecule has 2 aliphatic rings. The van der Waals surface area contributed by atoms with Crippen LogP contribution in [0.15, 0.2) is 53.3 Å². The summed E-state index contributed by atoms with van der Waals surface area (Å²) < 4.78 is 0. The summed E-state index contributed by atoms with van der Waals surface area (Å²) in [5.41, 5.74) is 3.74. The first-order valence-corrected chi connectivity index (χ1v) is 6.23. The van der Waals surface area contributed by atoms with Gasteiger partial charge in [-0.3, -0.25) is 0 Å². The van der Waals surface area contributed by atoms with Crippen molar-refractivity contribution in [1.29, 1.82) is 0 Å². The lowest BCUT2D eigenvalue weighted by molar-refractivity contribution is 0.359. The summed E-state index contributed by atoms with van der Waals surface area (Å²) in [7, 11) is 2.07. The van der Waals surface area contributed by atoms with Crippen LogP contribution in [0.5, 0.6) is 0 Å². The predicted molar refractivity (Wildman–Crippen MR) is 74.2 cm³/mol. The van der Waals surface area contributed by atoms with E-state index in [-0.39, 0.29) is 6.17 Å². The zero-order chi connectivity index (χ0) is 12.5. The average Bonchev–Trinajstić information content (AvgIpc) is 2.40. The molecule has 0 saturated heterocycles. The summed E-state index contributed by atoms with van der Waals surface area (Å²) in [5, 5.41) is 3.32. The molecule has 0 radical (unpaired) electrons. The molecule has 3 heteroatoms. The number of allylic oxidation sites excluding steroid dienone is 1. The maximum absolute atomic E-state index is 4.83. The summed E-state index contributed by atoms with van der Waals surface area (Å²) in [6.45, 7) is 2.11. The van der Waals surface area contributed by atoms with Crippen molar-refractivity contribution in [1.82, 2.24) is 10.2 Å². The van der Waals surface area contributed by atoms with Crippen LogP contribution in [0.1, 0.15) is 17.5 Å². The van der Waals surface area contributed by atoms with Gasteiger partial charge in [0.15, 0.2) is 0 Å². The van der Waals surface area contributed by atoms with Gasteiger partial charge in [0.2, 0.25) is 0 Å². The van der Waals surface area contributed by atoms with Gasteiger partial charge in [-0.15, -0.1) is 0 Å². The fraction of sp³-hybridized carbons (Fsp3) is 0.267. The molecule has 0 spiro atoms. The molecule has 1 N–H and O–H groups in total. The molecule has 18 heavy (non-hydrogen) atoms. The van der Waals surface area contributed by atoms with Crippen LogP contribution in [0.2, 0.25) is 0 Å². The van der Waals surface area contributed by atoms with Crippen molar-refractivity contribution >= 4 is 5.84 Å². The molecule has 1 aromatic rings. The van der Waals surface area contributed by atoms with Crippen molar-refractivity contribution in [3.05, 3.63) is 59.4 Å². The van der Waals surface area contributed by atoms with E-state index < -0.39 is 0 Å². The van der Waals surface area contributed by atoms with Gasteiger partial charge in [-0.2, -0.15) is 0 Å². The average molecular weight is 239 g/mol. The smallest absolute Gasteiger partial charge is 0.146 e. The van der Waals surface area contributed by atoms with E-state index in [0.717, 1.165) is 12.3 Å². The molecule has 0 saturated carbocycles. The minimum absolute atomic E-state index is 0.144. The van der Waals surface area contributed by atoms with E-state index in [2.05, 4.69) is 66.9 Å². The van der Waals surface area contributed by atoms with E-state index in [0.29, 0.717) is 0 Å². The number of hydrogen-bond acceptors (Lipinski definition) is 3. The van der Waals surface area contributed by atoms with Crippen LogP contribution < -0.4 is 5.32 Å². The molecule has 3 nitrogen and oxygen atoms in total. The van der Waals surface area contributed by atoms with Crippen molar-refractivity contribution in [2.45, 2.75) is 19.5 Å². The second kappa shape index (κ2) is 4.33. The second-order valence-corrected chi connectivity index (χ2v) is 4.78. The number of likely N-dealkylation sites (N-methyl/N-ethyl adjacent to an activating group) is 1. The third kappa shape index (κ3) is 1.82. The molecule has 1 atom stereocenters. The summed E-state index contributed by atoms with van der Waals surface area (Å²) >= 11 is 0. The maximum atomic E-state index is 4.83.